The Kier molecular flexibility index (Phi) is 3.29. The summed E-state index contributed by atoms with van der Waals surface area (Å²) in [4.78, 5) is 3.99. The second-order valence-corrected chi connectivity index (χ2v) is 3.88. The van der Waals surface area contributed by atoms with E-state index in [1.807, 2.05) is 0 Å². The fourth-order valence-corrected chi connectivity index (χ4v) is 1.71. The van der Waals surface area contributed by atoms with Gasteiger partial charge in [0.2, 0.25) is 0 Å². The number of rotatable bonds is 2. The Bertz CT molecular complexity index is 514. The molecule has 4 heteroatoms. The van der Waals surface area contributed by atoms with Gasteiger partial charge in [0.25, 0.3) is 0 Å². The van der Waals surface area contributed by atoms with E-state index in [2.05, 4.69) is 20.9 Å². The van der Waals surface area contributed by atoms with E-state index in [1.54, 1.807) is 12.3 Å². The summed E-state index contributed by atoms with van der Waals surface area (Å²) in [5.74, 6) is -0.842. The van der Waals surface area contributed by atoms with Gasteiger partial charge < -0.3 is 0 Å². The van der Waals surface area contributed by atoms with Gasteiger partial charge in [-0.1, -0.05) is 28.1 Å². The number of pyridine rings is 1. The molecule has 2 aromatic rings. The van der Waals surface area contributed by atoms with Gasteiger partial charge in [0.15, 0.2) is 0 Å². The Labute approximate surface area is 100 Å². The van der Waals surface area contributed by atoms with Crippen molar-refractivity contribution < 1.29 is 8.78 Å². The number of nitrogens with zero attached hydrogens (tertiary/aromatic N) is 1. The van der Waals surface area contributed by atoms with E-state index >= 15 is 0 Å². The third-order valence-electron chi connectivity index (χ3n) is 2.15. The number of benzene rings is 1. The molecule has 0 atom stereocenters. The standard InChI is InChI=1S/C12H8BrF2N/c13-6-8-4-11(15)12(16-7-8)9-2-1-3-10(14)5-9/h1-5,7H,6H2. The first-order valence-corrected chi connectivity index (χ1v) is 5.79. The SMILES string of the molecule is Fc1cccc(-c2ncc(CBr)cc2F)c1. The van der Waals surface area contributed by atoms with Crippen LogP contribution in [0.15, 0.2) is 36.5 Å². The highest BCUT2D eigenvalue weighted by Crippen LogP contribution is 2.22. The maximum absolute atomic E-state index is 13.6. The summed E-state index contributed by atoms with van der Waals surface area (Å²) >= 11 is 3.22. The zero-order valence-corrected chi connectivity index (χ0v) is 9.84. The van der Waals surface area contributed by atoms with Gasteiger partial charge in [-0.05, 0) is 23.8 Å². The monoisotopic (exact) mass is 283 g/mol. The number of halogens is 3. The summed E-state index contributed by atoms with van der Waals surface area (Å²) in [5, 5.41) is 0.542. The molecule has 0 aliphatic carbocycles. The highest BCUT2D eigenvalue weighted by atomic mass is 79.9. The molecule has 1 aromatic heterocycles. The minimum Gasteiger partial charge on any atom is -0.253 e. The summed E-state index contributed by atoms with van der Waals surface area (Å²) in [6, 6.07) is 7.13. The molecule has 0 aliphatic rings. The summed E-state index contributed by atoms with van der Waals surface area (Å²) in [6.07, 6.45) is 1.57. The normalized spacial score (nSPS) is 10.4. The van der Waals surface area contributed by atoms with Gasteiger partial charge in [-0.25, -0.2) is 8.78 Å². The highest BCUT2D eigenvalue weighted by Gasteiger charge is 2.08. The minimum absolute atomic E-state index is 0.171. The van der Waals surface area contributed by atoms with E-state index in [1.165, 1.54) is 24.3 Å². The van der Waals surface area contributed by atoms with Crippen LogP contribution < -0.4 is 0 Å². The molecule has 0 saturated carbocycles. The van der Waals surface area contributed by atoms with Crippen LogP contribution >= 0.6 is 15.9 Å². The van der Waals surface area contributed by atoms with Gasteiger partial charge in [0.05, 0.1) is 0 Å². The van der Waals surface area contributed by atoms with Gasteiger partial charge in [0.1, 0.15) is 17.3 Å². The van der Waals surface area contributed by atoms with Crippen LogP contribution in [-0.2, 0) is 5.33 Å². The highest BCUT2D eigenvalue weighted by molar-refractivity contribution is 9.08. The molecule has 0 fully saturated rings. The zero-order chi connectivity index (χ0) is 11.5. The van der Waals surface area contributed by atoms with Crippen LogP contribution in [0.4, 0.5) is 8.78 Å². The molecule has 0 unspecified atom stereocenters. The Hall–Kier alpha value is -1.29. The molecular formula is C12H8BrF2N. The fourth-order valence-electron chi connectivity index (χ4n) is 1.40. The van der Waals surface area contributed by atoms with Crippen LogP contribution in [0.5, 0.6) is 0 Å². The average molecular weight is 284 g/mol. The molecule has 0 aliphatic heterocycles. The van der Waals surface area contributed by atoms with Crippen LogP contribution in [0.1, 0.15) is 5.56 Å². The predicted molar refractivity (Wildman–Crippen MR) is 62.2 cm³/mol. The van der Waals surface area contributed by atoms with Crippen LogP contribution in [0.2, 0.25) is 0 Å². The first-order chi connectivity index (χ1) is 7.70. The van der Waals surface area contributed by atoms with E-state index in [9.17, 15) is 8.78 Å². The molecule has 0 saturated heterocycles. The lowest BCUT2D eigenvalue weighted by molar-refractivity contribution is 0.620. The Balaban J connectivity index is 2.48. The lowest BCUT2D eigenvalue weighted by atomic mass is 10.1. The average Bonchev–Trinajstić information content (AvgIpc) is 2.28. The second-order valence-electron chi connectivity index (χ2n) is 3.32. The van der Waals surface area contributed by atoms with Gasteiger partial charge in [0, 0.05) is 17.1 Å². The second kappa shape index (κ2) is 4.70. The van der Waals surface area contributed by atoms with Gasteiger partial charge in [-0.2, -0.15) is 0 Å². The Morgan fingerprint density at radius 2 is 2.00 bits per heavy atom. The number of hydrogen-bond acceptors (Lipinski definition) is 1. The third-order valence-corrected chi connectivity index (χ3v) is 2.80. The first-order valence-electron chi connectivity index (χ1n) is 4.67. The molecule has 2 rings (SSSR count). The molecule has 1 nitrogen and oxygen atoms in total. The lowest BCUT2D eigenvalue weighted by Gasteiger charge is -2.04. The largest absolute Gasteiger partial charge is 0.253 e. The first kappa shape index (κ1) is 11.2. The zero-order valence-electron chi connectivity index (χ0n) is 8.25. The predicted octanol–water partition coefficient (Wildman–Crippen LogP) is 3.92. The van der Waals surface area contributed by atoms with Crippen molar-refractivity contribution in [3.05, 3.63) is 53.7 Å². The minimum atomic E-state index is -0.442. The Morgan fingerprint density at radius 1 is 1.19 bits per heavy atom. The number of hydrogen-bond donors (Lipinski definition) is 0. The third kappa shape index (κ3) is 2.27. The van der Waals surface area contributed by atoms with Crippen LogP contribution in [0.3, 0.4) is 0 Å². The van der Waals surface area contributed by atoms with Crippen molar-refractivity contribution in [1.82, 2.24) is 4.98 Å². The topological polar surface area (TPSA) is 12.9 Å². The van der Waals surface area contributed by atoms with Crippen LogP contribution in [-0.4, -0.2) is 4.98 Å². The summed E-state index contributed by atoms with van der Waals surface area (Å²) in [6.45, 7) is 0. The molecule has 0 spiro atoms. The van der Waals surface area contributed by atoms with Gasteiger partial charge in [-0.3, -0.25) is 4.98 Å². The number of alkyl halides is 1. The summed E-state index contributed by atoms with van der Waals surface area (Å²) < 4.78 is 26.6. The quantitative estimate of drug-likeness (QED) is 0.762. The smallest absolute Gasteiger partial charge is 0.149 e. The molecular weight excluding hydrogens is 276 g/mol. The van der Waals surface area contributed by atoms with Crippen molar-refractivity contribution in [1.29, 1.82) is 0 Å². The molecule has 0 amide bonds. The molecule has 1 aromatic carbocycles. The molecule has 0 bridgehead atoms. The Morgan fingerprint density at radius 3 is 2.62 bits per heavy atom. The van der Waals surface area contributed by atoms with Crippen molar-refractivity contribution in [2.75, 3.05) is 0 Å². The van der Waals surface area contributed by atoms with E-state index in [0.29, 0.717) is 10.9 Å². The van der Waals surface area contributed by atoms with Crippen molar-refractivity contribution in [3.63, 3.8) is 0 Å². The van der Waals surface area contributed by atoms with Gasteiger partial charge >= 0.3 is 0 Å². The van der Waals surface area contributed by atoms with Crippen molar-refractivity contribution in [2.45, 2.75) is 5.33 Å². The molecule has 0 radical (unpaired) electrons. The number of aromatic nitrogens is 1. The van der Waals surface area contributed by atoms with Crippen molar-refractivity contribution >= 4 is 15.9 Å². The molecule has 1 heterocycles. The van der Waals surface area contributed by atoms with Crippen molar-refractivity contribution in [2.24, 2.45) is 0 Å². The van der Waals surface area contributed by atoms with E-state index < -0.39 is 11.6 Å². The molecule has 0 N–H and O–H groups in total. The fraction of sp³-hybridized carbons (Fsp3) is 0.0833. The maximum Gasteiger partial charge on any atom is 0.149 e. The van der Waals surface area contributed by atoms with E-state index in [0.717, 1.165) is 5.56 Å². The van der Waals surface area contributed by atoms with Gasteiger partial charge in [-0.15, -0.1) is 0 Å². The van der Waals surface area contributed by atoms with E-state index in [4.69, 9.17) is 0 Å². The summed E-state index contributed by atoms with van der Waals surface area (Å²) in [7, 11) is 0. The summed E-state index contributed by atoms with van der Waals surface area (Å²) in [5.41, 5.74) is 1.36. The molecule has 16 heavy (non-hydrogen) atoms. The maximum atomic E-state index is 13.6. The van der Waals surface area contributed by atoms with Crippen LogP contribution in [0.25, 0.3) is 11.3 Å². The molecule has 82 valence electrons. The van der Waals surface area contributed by atoms with Crippen molar-refractivity contribution in [3.8, 4) is 11.3 Å². The van der Waals surface area contributed by atoms with E-state index in [-0.39, 0.29) is 5.69 Å². The lowest BCUT2D eigenvalue weighted by Crippen LogP contribution is -1.92. The van der Waals surface area contributed by atoms with Crippen LogP contribution in [0, 0.1) is 11.6 Å².